The number of aryl methyl sites for hydroxylation is 2. The maximum Gasteiger partial charge on any atom is 0.319 e. The van der Waals surface area contributed by atoms with E-state index in [1.54, 1.807) is 13.8 Å². The highest BCUT2D eigenvalue weighted by atomic mass is 32.2. The summed E-state index contributed by atoms with van der Waals surface area (Å²) in [6.07, 6.45) is 0.889. The van der Waals surface area contributed by atoms with E-state index in [-0.39, 0.29) is 5.97 Å². The number of esters is 1. The number of carbonyl (C=O) groups excluding carboxylic acids is 1. The van der Waals surface area contributed by atoms with E-state index in [4.69, 9.17) is 9.72 Å². The highest BCUT2D eigenvalue weighted by Crippen LogP contribution is 2.28. The van der Waals surface area contributed by atoms with Crippen molar-refractivity contribution in [1.82, 2.24) is 19.7 Å². The number of thioether (sulfide) groups is 1. The summed E-state index contributed by atoms with van der Waals surface area (Å²) in [6, 6.07) is 18.5. The van der Waals surface area contributed by atoms with Crippen molar-refractivity contribution in [3.8, 4) is 0 Å². The molecule has 0 saturated heterocycles. The van der Waals surface area contributed by atoms with E-state index >= 15 is 0 Å². The van der Waals surface area contributed by atoms with Gasteiger partial charge in [-0.1, -0.05) is 60.3 Å². The van der Waals surface area contributed by atoms with Crippen molar-refractivity contribution in [3.63, 3.8) is 0 Å². The summed E-state index contributed by atoms with van der Waals surface area (Å²) in [5.41, 5.74) is 3.92. The van der Waals surface area contributed by atoms with Gasteiger partial charge in [-0.25, -0.2) is 4.98 Å². The molecule has 0 aliphatic heterocycles. The van der Waals surface area contributed by atoms with Crippen LogP contribution in [0.15, 0.2) is 59.8 Å². The molecule has 2 aromatic carbocycles. The number of aromatic nitrogens is 4. The lowest BCUT2D eigenvalue weighted by Gasteiger charge is -2.09. The van der Waals surface area contributed by atoms with Crippen LogP contribution in [0, 0.1) is 0 Å². The Labute approximate surface area is 173 Å². The van der Waals surface area contributed by atoms with Crippen LogP contribution in [-0.4, -0.2) is 37.6 Å². The highest BCUT2D eigenvalue weighted by Gasteiger charge is 2.20. The molecule has 0 aliphatic carbocycles. The average molecular weight is 407 g/mol. The molecule has 0 bridgehead atoms. The minimum absolute atomic E-state index is 0.272. The van der Waals surface area contributed by atoms with Crippen molar-refractivity contribution in [2.45, 2.75) is 37.2 Å². The quantitative estimate of drug-likeness (QED) is 0.337. The lowest BCUT2D eigenvalue weighted by atomic mass is 10.1. The van der Waals surface area contributed by atoms with E-state index in [1.807, 2.05) is 24.3 Å². The summed E-state index contributed by atoms with van der Waals surface area (Å²) >= 11 is 1.27. The topological polar surface area (TPSA) is 69.9 Å². The van der Waals surface area contributed by atoms with Crippen molar-refractivity contribution in [2.75, 3.05) is 6.61 Å². The second-order valence-electron chi connectivity index (χ2n) is 6.68. The molecular formula is C22H22N4O2S. The van der Waals surface area contributed by atoms with E-state index in [1.165, 1.54) is 17.3 Å². The first-order valence-electron chi connectivity index (χ1n) is 9.66. The first-order chi connectivity index (χ1) is 14.2. The molecule has 2 heterocycles. The van der Waals surface area contributed by atoms with Crippen molar-refractivity contribution in [3.05, 3.63) is 60.2 Å². The van der Waals surface area contributed by atoms with Crippen molar-refractivity contribution < 1.29 is 9.53 Å². The Kier molecular flexibility index (Phi) is 5.76. The van der Waals surface area contributed by atoms with Gasteiger partial charge in [0.05, 0.1) is 12.1 Å². The van der Waals surface area contributed by atoms with Crippen LogP contribution in [0.4, 0.5) is 0 Å². The second-order valence-corrected chi connectivity index (χ2v) is 7.99. The maximum absolute atomic E-state index is 12.0. The predicted molar refractivity (Wildman–Crippen MR) is 115 cm³/mol. The number of ether oxygens (including phenoxy) is 1. The summed E-state index contributed by atoms with van der Waals surface area (Å²) in [7, 11) is 0. The van der Waals surface area contributed by atoms with Crippen molar-refractivity contribution in [2.24, 2.45) is 0 Å². The van der Waals surface area contributed by atoms with Crippen LogP contribution in [0.25, 0.3) is 22.1 Å². The monoisotopic (exact) mass is 406 g/mol. The second kappa shape index (κ2) is 8.61. The fourth-order valence-electron chi connectivity index (χ4n) is 3.32. The predicted octanol–water partition coefficient (Wildman–Crippen LogP) is 4.27. The third-order valence-electron chi connectivity index (χ3n) is 4.72. The van der Waals surface area contributed by atoms with Crippen LogP contribution in [0.1, 0.15) is 19.4 Å². The molecule has 2 aromatic heterocycles. The van der Waals surface area contributed by atoms with Gasteiger partial charge >= 0.3 is 5.97 Å². The Hall–Kier alpha value is -2.93. The number of hydrogen-bond donors (Lipinski definition) is 0. The molecule has 0 spiro atoms. The number of fused-ring (bicyclic) bond motifs is 3. The standard InChI is InChI=1S/C22H22N4O2S/c1-3-28-21(27)15(2)29-22-23-20-19(24-25-22)17-11-7-8-12-18(17)26(20)14-13-16-9-5-4-6-10-16/h4-12,15H,3,13-14H2,1-2H3/t15-/m0/s1. The lowest BCUT2D eigenvalue weighted by molar-refractivity contribution is -0.142. The van der Waals surface area contributed by atoms with Crippen molar-refractivity contribution >= 4 is 39.8 Å². The molecule has 7 heteroatoms. The molecule has 0 unspecified atom stereocenters. The van der Waals surface area contributed by atoms with Gasteiger partial charge in [-0.2, -0.15) is 0 Å². The molecule has 0 N–H and O–H groups in total. The SMILES string of the molecule is CCOC(=O)[C@H](C)Sc1nnc2c3ccccc3n(CCc3ccccc3)c2n1. The summed E-state index contributed by atoms with van der Waals surface area (Å²) in [5.74, 6) is -0.272. The van der Waals surface area contributed by atoms with Gasteiger partial charge in [0.1, 0.15) is 10.8 Å². The number of carbonyl (C=O) groups is 1. The zero-order chi connectivity index (χ0) is 20.2. The molecule has 1 atom stereocenters. The molecule has 0 amide bonds. The fourth-order valence-corrected chi connectivity index (χ4v) is 4.02. The number of nitrogens with zero attached hydrogens (tertiary/aromatic N) is 4. The number of rotatable bonds is 7. The Morgan fingerprint density at radius 3 is 2.66 bits per heavy atom. The Morgan fingerprint density at radius 1 is 1.10 bits per heavy atom. The molecule has 29 heavy (non-hydrogen) atoms. The molecular weight excluding hydrogens is 384 g/mol. The van der Waals surface area contributed by atoms with Gasteiger partial charge < -0.3 is 9.30 Å². The smallest absolute Gasteiger partial charge is 0.319 e. The summed E-state index contributed by atoms with van der Waals surface area (Å²) < 4.78 is 7.27. The fraction of sp³-hybridized carbons (Fsp3) is 0.273. The molecule has 0 saturated carbocycles. The summed E-state index contributed by atoms with van der Waals surface area (Å²) in [4.78, 5) is 16.7. The zero-order valence-electron chi connectivity index (χ0n) is 16.4. The van der Waals surface area contributed by atoms with Crippen LogP contribution >= 0.6 is 11.8 Å². The number of hydrogen-bond acceptors (Lipinski definition) is 6. The van der Waals surface area contributed by atoms with Crippen molar-refractivity contribution in [1.29, 1.82) is 0 Å². The van der Waals surface area contributed by atoms with E-state index in [9.17, 15) is 4.79 Å². The van der Waals surface area contributed by atoms with Gasteiger partial charge in [0.2, 0.25) is 5.16 Å². The van der Waals surface area contributed by atoms with Gasteiger partial charge in [-0.3, -0.25) is 4.79 Å². The molecule has 0 fully saturated rings. The van der Waals surface area contributed by atoms with Crippen LogP contribution in [-0.2, 0) is 22.5 Å². The Bertz CT molecular complexity index is 1140. The Balaban J connectivity index is 1.70. The zero-order valence-corrected chi connectivity index (χ0v) is 17.2. The summed E-state index contributed by atoms with van der Waals surface area (Å²) in [5, 5.41) is 9.80. The van der Waals surface area contributed by atoms with Crippen LogP contribution < -0.4 is 0 Å². The first-order valence-corrected chi connectivity index (χ1v) is 10.5. The third kappa shape index (κ3) is 4.10. The van der Waals surface area contributed by atoms with E-state index in [0.717, 1.165) is 35.0 Å². The van der Waals surface area contributed by atoms with E-state index in [0.29, 0.717) is 11.8 Å². The van der Waals surface area contributed by atoms with Gasteiger partial charge in [0, 0.05) is 11.9 Å². The molecule has 0 radical (unpaired) electrons. The maximum atomic E-state index is 12.0. The van der Waals surface area contributed by atoms with E-state index < -0.39 is 5.25 Å². The number of para-hydroxylation sites is 1. The van der Waals surface area contributed by atoms with Crippen LogP contribution in [0.3, 0.4) is 0 Å². The Morgan fingerprint density at radius 2 is 1.86 bits per heavy atom. The van der Waals surface area contributed by atoms with Crippen LogP contribution in [0.5, 0.6) is 0 Å². The van der Waals surface area contributed by atoms with Crippen LogP contribution in [0.2, 0.25) is 0 Å². The molecule has 6 nitrogen and oxygen atoms in total. The normalized spacial score (nSPS) is 12.3. The van der Waals surface area contributed by atoms with Gasteiger partial charge in [-0.05, 0) is 31.9 Å². The van der Waals surface area contributed by atoms with E-state index in [2.05, 4.69) is 45.1 Å². The highest BCUT2D eigenvalue weighted by molar-refractivity contribution is 8.00. The largest absolute Gasteiger partial charge is 0.465 e. The summed E-state index contributed by atoms with van der Waals surface area (Å²) in [6.45, 7) is 4.73. The average Bonchev–Trinajstić information content (AvgIpc) is 3.06. The minimum atomic E-state index is -0.392. The number of benzene rings is 2. The van der Waals surface area contributed by atoms with Gasteiger partial charge in [0.25, 0.3) is 0 Å². The molecule has 0 aliphatic rings. The minimum Gasteiger partial charge on any atom is -0.465 e. The lowest BCUT2D eigenvalue weighted by Crippen LogP contribution is -2.17. The molecule has 4 rings (SSSR count). The third-order valence-corrected chi connectivity index (χ3v) is 5.65. The molecule has 4 aromatic rings. The molecule has 148 valence electrons. The van der Waals surface area contributed by atoms with Gasteiger partial charge in [0.15, 0.2) is 5.65 Å². The van der Waals surface area contributed by atoms with Gasteiger partial charge in [-0.15, -0.1) is 10.2 Å². The first kappa shape index (κ1) is 19.4.